The Kier molecular flexibility index (Phi) is 5.76. The number of nitrogens with two attached hydrogens (primary N) is 1. The average Bonchev–Trinajstić information content (AvgIpc) is 2.28. The summed E-state index contributed by atoms with van der Waals surface area (Å²) in [6.07, 6.45) is 0. The monoisotopic (exact) mass is 267 g/mol. The molecule has 0 heterocycles. The smallest absolute Gasteiger partial charge is 0.236 e. The van der Waals surface area contributed by atoms with E-state index < -0.39 is 0 Å². The van der Waals surface area contributed by atoms with Gasteiger partial charge >= 0.3 is 0 Å². The number of hydrogen-bond acceptors (Lipinski definition) is 3. The van der Waals surface area contributed by atoms with Gasteiger partial charge in [0.1, 0.15) is 5.82 Å². The molecule has 1 amide bonds. The molecule has 0 fully saturated rings. The van der Waals surface area contributed by atoms with E-state index in [0.29, 0.717) is 31.9 Å². The minimum atomic E-state index is -0.349. The topological polar surface area (TPSA) is 49.6 Å². The highest BCUT2D eigenvalue weighted by molar-refractivity contribution is 5.78. The number of halogens is 1. The normalized spacial score (nSPS) is 10.8. The van der Waals surface area contributed by atoms with Gasteiger partial charge in [0.25, 0.3) is 0 Å². The van der Waals surface area contributed by atoms with E-state index in [2.05, 4.69) is 0 Å². The molecule has 5 heteroatoms. The van der Waals surface area contributed by atoms with Crippen LogP contribution in [0.1, 0.15) is 19.4 Å². The van der Waals surface area contributed by atoms with E-state index in [-0.39, 0.29) is 11.7 Å². The van der Waals surface area contributed by atoms with Crippen molar-refractivity contribution in [3.05, 3.63) is 29.6 Å². The standard InChI is InChI=1S/C14H22FN3O/c1-4-18(5-2)14(19)10-17(3)9-11-6-12(15)8-13(16)7-11/h6-8H,4-5,9-10,16H2,1-3H3. The van der Waals surface area contributed by atoms with Crippen molar-refractivity contribution in [1.82, 2.24) is 9.80 Å². The van der Waals surface area contributed by atoms with Gasteiger partial charge in [-0.2, -0.15) is 0 Å². The molecule has 1 aromatic carbocycles. The van der Waals surface area contributed by atoms with E-state index in [1.54, 1.807) is 11.0 Å². The van der Waals surface area contributed by atoms with Crippen LogP contribution in [0, 0.1) is 5.82 Å². The summed E-state index contributed by atoms with van der Waals surface area (Å²) in [4.78, 5) is 15.6. The molecule has 0 saturated carbocycles. The van der Waals surface area contributed by atoms with Gasteiger partial charge in [0.15, 0.2) is 0 Å². The maximum atomic E-state index is 13.2. The van der Waals surface area contributed by atoms with Crippen molar-refractivity contribution < 1.29 is 9.18 Å². The number of likely N-dealkylation sites (N-methyl/N-ethyl adjacent to an activating group) is 2. The summed E-state index contributed by atoms with van der Waals surface area (Å²) >= 11 is 0. The fourth-order valence-electron chi connectivity index (χ4n) is 2.04. The van der Waals surface area contributed by atoms with Gasteiger partial charge < -0.3 is 10.6 Å². The van der Waals surface area contributed by atoms with Crippen LogP contribution in [-0.4, -0.2) is 42.4 Å². The van der Waals surface area contributed by atoms with Gasteiger partial charge in [0, 0.05) is 25.3 Å². The number of hydrogen-bond donors (Lipinski definition) is 1. The zero-order chi connectivity index (χ0) is 14.4. The summed E-state index contributed by atoms with van der Waals surface area (Å²) < 4.78 is 13.2. The molecule has 0 radical (unpaired) electrons. The number of amides is 1. The van der Waals surface area contributed by atoms with E-state index in [1.807, 2.05) is 25.8 Å². The van der Waals surface area contributed by atoms with Gasteiger partial charge in [0.2, 0.25) is 5.91 Å². The molecule has 0 unspecified atom stereocenters. The lowest BCUT2D eigenvalue weighted by Crippen LogP contribution is -2.38. The number of nitrogen functional groups attached to an aromatic ring is 1. The van der Waals surface area contributed by atoms with Gasteiger partial charge in [-0.25, -0.2) is 4.39 Å². The highest BCUT2D eigenvalue weighted by Gasteiger charge is 2.12. The minimum Gasteiger partial charge on any atom is -0.399 e. The quantitative estimate of drug-likeness (QED) is 0.798. The number of rotatable bonds is 6. The van der Waals surface area contributed by atoms with Crippen molar-refractivity contribution in [2.45, 2.75) is 20.4 Å². The number of benzene rings is 1. The molecule has 0 aromatic heterocycles. The maximum absolute atomic E-state index is 13.2. The largest absolute Gasteiger partial charge is 0.399 e. The maximum Gasteiger partial charge on any atom is 0.236 e. The predicted molar refractivity (Wildman–Crippen MR) is 75.1 cm³/mol. The molecule has 0 spiro atoms. The van der Waals surface area contributed by atoms with E-state index >= 15 is 0 Å². The lowest BCUT2D eigenvalue weighted by Gasteiger charge is -2.23. The van der Waals surface area contributed by atoms with Gasteiger partial charge in [-0.1, -0.05) is 0 Å². The predicted octanol–water partition coefficient (Wildman–Crippen LogP) is 1.71. The molecule has 4 nitrogen and oxygen atoms in total. The van der Waals surface area contributed by atoms with Crippen LogP contribution in [-0.2, 0) is 11.3 Å². The first kappa shape index (κ1) is 15.4. The summed E-state index contributed by atoms with van der Waals surface area (Å²) in [6, 6.07) is 4.45. The zero-order valence-corrected chi connectivity index (χ0v) is 11.8. The molecule has 1 aromatic rings. The van der Waals surface area contributed by atoms with Gasteiger partial charge in [-0.3, -0.25) is 9.69 Å². The molecule has 0 aliphatic heterocycles. The third-order valence-corrected chi connectivity index (χ3v) is 2.95. The Morgan fingerprint density at radius 3 is 2.42 bits per heavy atom. The van der Waals surface area contributed by atoms with Crippen molar-refractivity contribution in [2.24, 2.45) is 0 Å². The molecule has 0 saturated heterocycles. The number of nitrogens with zero attached hydrogens (tertiary/aromatic N) is 2. The fraction of sp³-hybridized carbons (Fsp3) is 0.500. The Labute approximate surface area is 114 Å². The van der Waals surface area contributed by atoms with Gasteiger partial charge in [-0.05, 0) is 44.7 Å². The molecule has 0 aliphatic carbocycles. The first-order valence-corrected chi connectivity index (χ1v) is 6.47. The summed E-state index contributed by atoms with van der Waals surface area (Å²) in [5.74, 6) is -0.268. The Morgan fingerprint density at radius 1 is 1.26 bits per heavy atom. The highest BCUT2D eigenvalue weighted by atomic mass is 19.1. The van der Waals surface area contributed by atoms with Crippen molar-refractivity contribution in [3.8, 4) is 0 Å². The van der Waals surface area contributed by atoms with E-state index in [0.717, 1.165) is 5.56 Å². The molecular formula is C14H22FN3O. The van der Waals surface area contributed by atoms with Crippen molar-refractivity contribution in [2.75, 3.05) is 32.4 Å². The summed E-state index contributed by atoms with van der Waals surface area (Å²) in [7, 11) is 1.84. The van der Waals surface area contributed by atoms with E-state index in [4.69, 9.17) is 5.73 Å². The molecular weight excluding hydrogens is 245 g/mol. The Bertz CT molecular complexity index is 412. The molecule has 1 rings (SSSR count). The molecule has 106 valence electrons. The number of carbonyl (C=O) groups is 1. The van der Waals surface area contributed by atoms with Crippen molar-refractivity contribution >= 4 is 11.6 Å². The first-order valence-electron chi connectivity index (χ1n) is 6.47. The SMILES string of the molecule is CCN(CC)C(=O)CN(C)Cc1cc(N)cc(F)c1. The molecule has 19 heavy (non-hydrogen) atoms. The van der Waals surface area contributed by atoms with Crippen molar-refractivity contribution in [3.63, 3.8) is 0 Å². The van der Waals surface area contributed by atoms with Crippen LogP contribution in [0.3, 0.4) is 0 Å². The van der Waals surface area contributed by atoms with Gasteiger partial charge in [-0.15, -0.1) is 0 Å². The third-order valence-electron chi connectivity index (χ3n) is 2.95. The lowest BCUT2D eigenvalue weighted by molar-refractivity contribution is -0.131. The van der Waals surface area contributed by atoms with Crippen LogP contribution in [0.5, 0.6) is 0 Å². The van der Waals surface area contributed by atoms with Crippen LogP contribution in [0.4, 0.5) is 10.1 Å². The highest BCUT2D eigenvalue weighted by Crippen LogP contribution is 2.12. The summed E-state index contributed by atoms with van der Waals surface area (Å²) in [6.45, 7) is 6.13. The average molecular weight is 267 g/mol. The van der Waals surface area contributed by atoms with E-state index in [9.17, 15) is 9.18 Å². The van der Waals surface area contributed by atoms with E-state index in [1.165, 1.54) is 12.1 Å². The van der Waals surface area contributed by atoms with Crippen LogP contribution in [0.15, 0.2) is 18.2 Å². The number of anilines is 1. The third kappa shape index (κ3) is 4.87. The minimum absolute atomic E-state index is 0.0804. The Balaban J connectivity index is 2.59. The Hall–Kier alpha value is -1.62. The lowest BCUT2D eigenvalue weighted by atomic mass is 10.2. The van der Waals surface area contributed by atoms with Crippen LogP contribution < -0.4 is 5.73 Å². The summed E-state index contributed by atoms with van der Waals surface area (Å²) in [5, 5.41) is 0. The second-order valence-electron chi connectivity index (χ2n) is 4.63. The first-order chi connectivity index (χ1) is 8.96. The second-order valence-corrected chi connectivity index (χ2v) is 4.63. The van der Waals surface area contributed by atoms with Crippen LogP contribution in [0.25, 0.3) is 0 Å². The molecule has 0 aliphatic rings. The Morgan fingerprint density at radius 2 is 1.89 bits per heavy atom. The molecule has 0 atom stereocenters. The summed E-state index contributed by atoms with van der Waals surface area (Å²) in [5.41, 5.74) is 6.77. The van der Waals surface area contributed by atoms with Crippen molar-refractivity contribution in [1.29, 1.82) is 0 Å². The van der Waals surface area contributed by atoms with Crippen LogP contribution in [0.2, 0.25) is 0 Å². The zero-order valence-electron chi connectivity index (χ0n) is 11.8. The molecule has 0 bridgehead atoms. The molecule has 2 N–H and O–H groups in total. The fourth-order valence-corrected chi connectivity index (χ4v) is 2.04. The second kappa shape index (κ2) is 7.09. The number of carbonyl (C=O) groups excluding carboxylic acids is 1. The van der Waals surface area contributed by atoms with Gasteiger partial charge in [0.05, 0.1) is 6.54 Å². The van der Waals surface area contributed by atoms with Crippen LogP contribution >= 0.6 is 0 Å².